The normalized spacial score (nSPS) is 19.5. The van der Waals surface area contributed by atoms with Crippen molar-refractivity contribution in [1.82, 2.24) is 5.32 Å². The van der Waals surface area contributed by atoms with Gasteiger partial charge in [0.25, 0.3) is 0 Å². The number of anilines is 1. The van der Waals surface area contributed by atoms with Crippen molar-refractivity contribution < 1.29 is 19.4 Å². The predicted octanol–water partition coefficient (Wildman–Crippen LogP) is 1.78. The van der Waals surface area contributed by atoms with Gasteiger partial charge in [-0.1, -0.05) is 18.2 Å². The number of benzene rings is 1. The topological polar surface area (TPSA) is 78.9 Å². The molecule has 3 rings (SSSR count). The Hall–Kier alpha value is -2.08. The molecule has 22 heavy (non-hydrogen) atoms. The number of nitrogens with zero attached hydrogens (tertiary/aromatic N) is 1. The van der Waals surface area contributed by atoms with Crippen LogP contribution in [0.3, 0.4) is 0 Å². The highest BCUT2D eigenvalue weighted by Crippen LogP contribution is 2.30. The monoisotopic (exact) mass is 304 g/mol. The fraction of sp³-hybridized carbons (Fsp3) is 0.500. The van der Waals surface area contributed by atoms with Gasteiger partial charge in [0.1, 0.15) is 0 Å². The number of urea groups is 1. The molecule has 0 aromatic heterocycles. The highest BCUT2D eigenvalue weighted by Gasteiger charge is 2.38. The summed E-state index contributed by atoms with van der Waals surface area (Å²) in [7, 11) is 0. The summed E-state index contributed by atoms with van der Waals surface area (Å²) in [6, 6.07) is 7.60. The number of carbonyl (C=O) groups excluding carboxylic acids is 1. The van der Waals surface area contributed by atoms with Crippen molar-refractivity contribution in [3.8, 4) is 0 Å². The molecule has 2 aliphatic heterocycles. The molecule has 118 valence electrons. The summed E-state index contributed by atoms with van der Waals surface area (Å²) in [5.41, 5.74) is 1.35. The van der Waals surface area contributed by atoms with Crippen molar-refractivity contribution in [3.05, 3.63) is 29.8 Å². The molecule has 0 unspecified atom stereocenters. The number of hydrogen-bond acceptors (Lipinski definition) is 3. The number of para-hydroxylation sites is 1. The van der Waals surface area contributed by atoms with E-state index in [1.807, 2.05) is 24.3 Å². The maximum Gasteiger partial charge on any atom is 0.322 e. The molecular weight excluding hydrogens is 284 g/mol. The minimum Gasteiger partial charge on any atom is -0.481 e. The van der Waals surface area contributed by atoms with Crippen LogP contribution in [0.25, 0.3) is 0 Å². The second-order valence-corrected chi connectivity index (χ2v) is 5.92. The molecule has 2 amide bonds. The molecular formula is C16H20N2O4. The van der Waals surface area contributed by atoms with Gasteiger partial charge < -0.3 is 15.2 Å². The minimum absolute atomic E-state index is 0.0718. The predicted molar refractivity (Wildman–Crippen MR) is 81.1 cm³/mol. The van der Waals surface area contributed by atoms with Crippen molar-refractivity contribution in [1.29, 1.82) is 0 Å². The third kappa shape index (κ3) is 2.92. The third-order valence-corrected chi connectivity index (χ3v) is 4.44. The number of hydrogen-bond donors (Lipinski definition) is 2. The highest BCUT2D eigenvalue weighted by atomic mass is 16.5. The van der Waals surface area contributed by atoms with Crippen molar-refractivity contribution in [2.75, 3.05) is 24.7 Å². The highest BCUT2D eigenvalue weighted by molar-refractivity contribution is 5.94. The zero-order chi connectivity index (χ0) is 15.6. The zero-order valence-corrected chi connectivity index (χ0v) is 12.4. The van der Waals surface area contributed by atoms with Crippen LogP contribution in [0.2, 0.25) is 0 Å². The van der Waals surface area contributed by atoms with Crippen LogP contribution < -0.4 is 10.2 Å². The maximum atomic E-state index is 12.6. The van der Waals surface area contributed by atoms with Gasteiger partial charge in [0.15, 0.2) is 0 Å². The molecule has 1 aromatic carbocycles. The Balaban J connectivity index is 1.76. The fourth-order valence-electron chi connectivity index (χ4n) is 3.24. The summed E-state index contributed by atoms with van der Waals surface area (Å²) in [6.45, 7) is 1.58. The van der Waals surface area contributed by atoms with Crippen LogP contribution in [0.5, 0.6) is 0 Å². The van der Waals surface area contributed by atoms with Gasteiger partial charge in [-0.2, -0.15) is 0 Å². The van der Waals surface area contributed by atoms with Crippen molar-refractivity contribution in [2.24, 2.45) is 0 Å². The molecule has 2 N–H and O–H groups in total. The first kappa shape index (κ1) is 14.8. The van der Waals surface area contributed by atoms with Gasteiger partial charge in [0.05, 0.1) is 12.0 Å². The molecule has 0 bridgehead atoms. The number of fused-ring (bicyclic) bond motifs is 1. The maximum absolute atomic E-state index is 12.6. The largest absolute Gasteiger partial charge is 0.481 e. The molecule has 0 aliphatic carbocycles. The van der Waals surface area contributed by atoms with E-state index in [-0.39, 0.29) is 12.5 Å². The van der Waals surface area contributed by atoms with Crippen LogP contribution in [0, 0.1) is 0 Å². The van der Waals surface area contributed by atoms with Crippen molar-refractivity contribution in [2.45, 2.75) is 31.2 Å². The minimum atomic E-state index is -0.899. The van der Waals surface area contributed by atoms with Crippen LogP contribution in [-0.4, -0.2) is 42.4 Å². The lowest BCUT2D eigenvalue weighted by Crippen LogP contribution is -2.56. The van der Waals surface area contributed by atoms with Crippen LogP contribution in [0.4, 0.5) is 10.5 Å². The van der Waals surface area contributed by atoms with E-state index < -0.39 is 11.5 Å². The lowest BCUT2D eigenvalue weighted by Gasteiger charge is -2.38. The Labute approximate surface area is 129 Å². The SMILES string of the molecule is O=C(O)CC1(NC(=O)N2CCc3ccccc32)CCOCC1. The Morgan fingerprint density at radius 2 is 2.00 bits per heavy atom. The van der Waals surface area contributed by atoms with Crippen LogP contribution >= 0.6 is 0 Å². The molecule has 6 heteroatoms. The van der Waals surface area contributed by atoms with Gasteiger partial charge in [-0.25, -0.2) is 4.79 Å². The molecule has 0 atom stereocenters. The summed E-state index contributed by atoms with van der Waals surface area (Å²) in [5.74, 6) is -0.899. The summed E-state index contributed by atoms with van der Waals surface area (Å²) >= 11 is 0. The quantitative estimate of drug-likeness (QED) is 0.892. The van der Waals surface area contributed by atoms with E-state index in [1.54, 1.807) is 4.90 Å². The Morgan fingerprint density at radius 1 is 1.27 bits per heavy atom. The summed E-state index contributed by atoms with van der Waals surface area (Å²) in [5, 5.41) is 12.1. The van der Waals surface area contributed by atoms with E-state index in [0.29, 0.717) is 32.6 Å². The molecule has 1 aromatic rings. The van der Waals surface area contributed by atoms with Crippen molar-refractivity contribution >= 4 is 17.7 Å². The lowest BCUT2D eigenvalue weighted by atomic mass is 9.86. The number of ether oxygens (including phenoxy) is 1. The van der Waals surface area contributed by atoms with E-state index >= 15 is 0 Å². The first-order chi connectivity index (χ1) is 10.6. The number of aliphatic carboxylic acids is 1. The number of nitrogens with one attached hydrogen (secondary N) is 1. The molecule has 2 heterocycles. The number of amides is 2. The Kier molecular flexibility index (Phi) is 4.02. The zero-order valence-electron chi connectivity index (χ0n) is 12.4. The van der Waals surface area contributed by atoms with Crippen molar-refractivity contribution in [3.63, 3.8) is 0 Å². The van der Waals surface area contributed by atoms with E-state index in [2.05, 4.69) is 5.32 Å². The summed E-state index contributed by atoms with van der Waals surface area (Å²) in [4.78, 5) is 25.5. The number of carboxylic acid groups (broad SMARTS) is 1. The molecule has 0 radical (unpaired) electrons. The number of rotatable bonds is 3. The molecule has 1 fully saturated rings. The second kappa shape index (κ2) is 5.96. The number of carboxylic acids is 1. The van der Waals surface area contributed by atoms with E-state index in [0.717, 1.165) is 17.7 Å². The average Bonchev–Trinajstić information content (AvgIpc) is 2.91. The standard InChI is InChI=1S/C16H20N2O4/c19-14(20)11-16(6-9-22-10-7-16)17-15(21)18-8-5-12-3-1-2-4-13(12)18/h1-4H,5-11H2,(H,17,21)(H,19,20). The van der Waals surface area contributed by atoms with E-state index in [1.165, 1.54) is 0 Å². The van der Waals surface area contributed by atoms with Crippen LogP contribution in [0.15, 0.2) is 24.3 Å². The van der Waals surface area contributed by atoms with Gasteiger partial charge in [0, 0.05) is 25.4 Å². The summed E-state index contributed by atoms with van der Waals surface area (Å²) < 4.78 is 5.31. The average molecular weight is 304 g/mol. The molecule has 0 saturated carbocycles. The van der Waals surface area contributed by atoms with Gasteiger partial charge in [-0.15, -0.1) is 0 Å². The number of carbonyl (C=O) groups is 2. The second-order valence-electron chi connectivity index (χ2n) is 5.92. The van der Waals surface area contributed by atoms with Crippen LogP contribution in [-0.2, 0) is 16.0 Å². The van der Waals surface area contributed by atoms with Gasteiger partial charge in [-0.05, 0) is 30.9 Å². The molecule has 0 spiro atoms. The first-order valence-corrected chi connectivity index (χ1v) is 7.57. The van der Waals surface area contributed by atoms with Crippen LogP contribution in [0.1, 0.15) is 24.8 Å². The first-order valence-electron chi connectivity index (χ1n) is 7.57. The lowest BCUT2D eigenvalue weighted by molar-refractivity contribution is -0.139. The Bertz CT molecular complexity index is 581. The fourth-order valence-corrected chi connectivity index (χ4v) is 3.24. The summed E-state index contributed by atoms with van der Waals surface area (Å²) in [6.07, 6.45) is 1.82. The van der Waals surface area contributed by atoms with E-state index in [4.69, 9.17) is 9.84 Å². The molecule has 6 nitrogen and oxygen atoms in total. The molecule has 1 saturated heterocycles. The van der Waals surface area contributed by atoms with Gasteiger partial charge in [0.2, 0.25) is 0 Å². The van der Waals surface area contributed by atoms with E-state index in [9.17, 15) is 9.59 Å². The van der Waals surface area contributed by atoms with Gasteiger partial charge in [-0.3, -0.25) is 9.69 Å². The molecule has 2 aliphatic rings. The van der Waals surface area contributed by atoms with Gasteiger partial charge >= 0.3 is 12.0 Å². The smallest absolute Gasteiger partial charge is 0.322 e. The Morgan fingerprint density at radius 3 is 2.73 bits per heavy atom. The third-order valence-electron chi connectivity index (χ3n) is 4.44.